The van der Waals surface area contributed by atoms with E-state index < -0.39 is 17.9 Å². The molecule has 4 N–H and O–H groups in total. The van der Waals surface area contributed by atoms with Gasteiger partial charge in [-0.25, -0.2) is 9.18 Å². The first-order chi connectivity index (χ1) is 13.5. The number of rotatable bonds is 5. The van der Waals surface area contributed by atoms with Crippen molar-refractivity contribution < 1.29 is 18.7 Å². The lowest BCUT2D eigenvalue weighted by atomic mass is 9.97. The molecule has 0 fully saturated rings. The molecule has 3 rings (SSSR count). The van der Waals surface area contributed by atoms with E-state index in [0.29, 0.717) is 25.2 Å². The number of amides is 3. The maximum Gasteiger partial charge on any atom is 0.323 e. The van der Waals surface area contributed by atoms with Gasteiger partial charge in [-0.3, -0.25) is 4.79 Å². The Morgan fingerprint density at radius 3 is 2.64 bits per heavy atom. The molecule has 1 aliphatic rings. The molecule has 3 amide bonds. The summed E-state index contributed by atoms with van der Waals surface area (Å²) < 4.78 is 18.7. The predicted molar refractivity (Wildman–Crippen MR) is 104 cm³/mol. The van der Waals surface area contributed by atoms with Crippen molar-refractivity contribution in [3.63, 3.8) is 0 Å². The van der Waals surface area contributed by atoms with Crippen LogP contribution in [0.5, 0.6) is 0 Å². The molecule has 2 aromatic carbocycles. The Kier molecular flexibility index (Phi) is 6.23. The van der Waals surface area contributed by atoms with E-state index in [4.69, 9.17) is 10.5 Å². The van der Waals surface area contributed by atoms with Crippen molar-refractivity contribution in [2.45, 2.75) is 19.0 Å². The Bertz CT molecular complexity index is 874. The van der Waals surface area contributed by atoms with Crippen molar-refractivity contribution in [3.05, 3.63) is 59.4 Å². The van der Waals surface area contributed by atoms with Gasteiger partial charge in [-0.2, -0.15) is 0 Å². The number of anilines is 2. The number of nitrogens with one attached hydrogen (secondary N) is 2. The van der Waals surface area contributed by atoms with E-state index in [2.05, 4.69) is 10.6 Å². The highest BCUT2D eigenvalue weighted by atomic mass is 19.1. The number of carbonyl (C=O) groups is 2. The van der Waals surface area contributed by atoms with E-state index in [-0.39, 0.29) is 18.2 Å². The zero-order valence-electron chi connectivity index (χ0n) is 15.6. The Hall–Kier alpha value is -2.97. The highest BCUT2D eigenvalue weighted by molar-refractivity contribution is 6.00. The van der Waals surface area contributed by atoms with Crippen LogP contribution in [0.25, 0.3) is 0 Å². The zero-order valence-corrected chi connectivity index (χ0v) is 15.6. The molecule has 0 saturated heterocycles. The molecular formula is C20H23FN4O3. The maximum absolute atomic E-state index is 13.7. The molecule has 148 valence electrons. The summed E-state index contributed by atoms with van der Waals surface area (Å²) in [4.78, 5) is 26.4. The Morgan fingerprint density at radius 1 is 1.18 bits per heavy atom. The van der Waals surface area contributed by atoms with Crippen molar-refractivity contribution >= 4 is 23.3 Å². The smallest absolute Gasteiger partial charge is 0.323 e. The van der Waals surface area contributed by atoms with Gasteiger partial charge in [-0.1, -0.05) is 24.3 Å². The summed E-state index contributed by atoms with van der Waals surface area (Å²) in [5.74, 6) is -0.669. The molecule has 0 saturated carbocycles. The van der Waals surface area contributed by atoms with Crippen LogP contribution < -0.4 is 16.4 Å². The van der Waals surface area contributed by atoms with E-state index in [1.807, 2.05) is 6.07 Å². The van der Waals surface area contributed by atoms with Crippen molar-refractivity contribution in [2.75, 3.05) is 30.9 Å². The van der Waals surface area contributed by atoms with Gasteiger partial charge in [0.2, 0.25) is 5.91 Å². The number of methoxy groups -OCH3 is 1. The van der Waals surface area contributed by atoms with Gasteiger partial charge < -0.3 is 26.0 Å². The zero-order chi connectivity index (χ0) is 20.1. The van der Waals surface area contributed by atoms with Gasteiger partial charge in [-0.05, 0) is 35.7 Å². The molecule has 0 aromatic heterocycles. The van der Waals surface area contributed by atoms with Crippen molar-refractivity contribution in [1.82, 2.24) is 4.90 Å². The summed E-state index contributed by atoms with van der Waals surface area (Å²) in [5, 5.41) is 5.27. The molecule has 0 aliphatic carbocycles. The number of nitrogens with two attached hydrogens (primary N) is 1. The number of carbonyl (C=O) groups excluding carboxylic acids is 2. The van der Waals surface area contributed by atoms with E-state index in [1.165, 1.54) is 19.2 Å². The largest absolute Gasteiger partial charge is 0.383 e. The summed E-state index contributed by atoms with van der Waals surface area (Å²) in [6, 6.07) is 10.2. The third-order valence-electron chi connectivity index (χ3n) is 4.61. The van der Waals surface area contributed by atoms with Crippen molar-refractivity contribution in [1.29, 1.82) is 0 Å². The summed E-state index contributed by atoms with van der Waals surface area (Å²) in [6.45, 7) is 1.08. The maximum atomic E-state index is 13.7. The fourth-order valence-electron chi connectivity index (χ4n) is 3.24. The van der Waals surface area contributed by atoms with Crippen molar-refractivity contribution in [3.8, 4) is 0 Å². The monoisotopic (exact) mass is 386 g/mol. The van der Waals surface area contributed by atoms with Gasteiger partial charge >= 0.3 is 6.03 Å². The van der Waals surface area contributed by atoms with Gasteiger partial charge in [0.15, 0.2) is 0 Å². The van der Waals surface area contributed by atoms with E-state index >= 15 is 0 Å². The molecule has 0 bridgehead atoms. The second-order valence-corrected chi connectivity index (χ2v) is 6.57. The molecule has 1 aliphatic heterocycles. The number of nitrogens with zero attached hydrogens (tertiary/aromatic N) is 1. The molecular weight excluding hydrogens is 363 g/mol. The highest BCUT2D eigenvalue weighted by Crippen LogP contribution is 2.27. The number of fused-ring (bicyclic) bond motifs is 1. The van der Waals surface area contributed by atoms with Crippen LogP contribution in [0.1, 0.15) is 11.1 Å². The van der Waals surface area contributed by atoms with Crippen LogP contribution >= 0.6 is 0 Å². The van der Waals surface area contributed by atoms with Gasteiger partial charge in [0.1, 0.15) is 11.9 Å². The number of halogens is 1. The average molecular weight is 386 g/mol. The molecule has 1 heterocycles. The Balaban J connectivity index is 1.69. The van der Waals surface area contributed by atoms with Crippen LogP contribution in [0, 0.1) is 5.82 Å². The first-order valence-electron chi connectivity index (χ1n) is 8.96. The second-order valence-electron chi connectivity index (χ2n) is 6.57. The fourth-order valence-corrected chi connectivity index (χ4v) is 3.24. The number of benzene rings is 2. The van der Waals surface area contributed by atoms with E-state index in [9.17, 15) is 14.0 Å². The van der Waals surface area contributed by atoms with Crippen LogP contribution in [0.15, 0.2) is 42.5 Å². The SMILES string of the molecule is COCC(N)C(=O)N1CCc2c(cccc2NC(=O)Nc2ccccc2F)C1. The third kappa shape index (κ3) is 4.47. The Morgan fingerprint density at radius 2 is 1.89 bits per heavy atom. The number of ether oxygens (including phenoxy) is 1. The van der Waals surface area contributed by atoms with E-state index in [1.54, 1.807) is 29.2 Å². The number of para-hydroxylation sites is 1. The number of hydrogen-bond acceptors (Lipinski definition) is 4. The highest BCUT2D eigenvalue weighted by Gasteiger charge is 2.26. The lowest BCUT2D eigenvalue weighted by molar-refractivity contribution is -0.134. The van der Waals surface area contributed by atoms with Crippen LogP contribution in [-0.2, 0) is 22.5 Å². The van der Waals surface area contributed by atoms with Crippen LogP contribution in [0.3, 0.4) is 0 Å². The molecule has 7 nitrogen and oxygen atoms in total. The predicted octanol–water partition coefficient (Wildman–Crippen LogP) is 2.33. The van der Waals surface area contributed by atoms with Gasteiger partial charge in [-0.15, -0.1) is 0 Å². The number of urea groups is 1. The van der Waals surface area contributed by atoms with Gasteiger partial charge in [0.25, 0.3) is 0 Å². The summed E-state index contributed by atoms with van der Waals surface area (Å²) in [6.07, 6.45) is 0.580. The lowest BCUT2D eigenvalue weighted by Gasteiger charge is -2.31. The number of hydrogen-bond donors (Lipinski definition) is 3. The fraction of sp³-hybridized carbons (Fsp3) is 0.300. The molecule has 8 heteroatoms. The lowest BCUT2D eigenvalue weighted by Crippen LogP contribution is -2.47. The molecule has 28 heavy (non-hydrogen) atoms. The topological polar surface area (TPSA) is 96.7 Å². The quantitative estimate of drug-likeness (QED) is 0.735. The van der Waals surface area contributed by atoms with Crippen LogP contribution in [0.4, 0.5) is 20.6 Å². The molecule has 0 spiro atoms. The summed E-state index contributed by atoms with van der Waals surface area (Å²) >= 11 is 0. The summed E-state index contributed by atoms with van der Waals surface area (Å²) in [7, 11) is 1.50. The summed E-state index contributed by atoms with van der Waals surface area (Å²) in [5.41, 5.74) is 8.48. The second kappa shape index (κ2) is 8.81. The molecule has 0 radical (unpaired) electrons. The first kappa shape index (κ1) is 19.8. The van der Waals surface area contributed by atoms with E-state index in [0.717, 1.165) is 11.1 Å². The Labute approximate surface area is 162 Å². The van der Waals surface area contributed by atoms with Crippen LogP contribution in [0.2, 0.25) is 0 Å². The molecule has 2 aromatic rings. The molecule has 1 atom stereocenters. The normalized spacial score (nSPS) is 14.2. The minimum atomic E-state index is -0.695. The van der Waals surface area contributed by atoms with Gasteiger partial charge in [0, 0.05) is 25.9 Å². The first-order valence-corrected chi connectivity index (χ1v) is 8.96. The standard InChI is InChI=1S/C20H23FN4O3/c1-28-12-16(22)19(26)25-10-9-14-13(11-25)5-4-8-17(14)23-20(27)24-18-7-3-2-6-15(18)21/h2-8,16H,9-12,22H2,1H3,(H2,23,24,27). The van der Waals surface area contributed by atoms with Crippen molar-refractivity contribution in [2.24, 2.45) is 5.73 Å². The minimum absolute atomic E-state index is 0.105. The van der Waals surface area contributed by atoms with Gasteiger partial charge in [0.05, 0.1) is 12.3 Å². The minimum Gasteiger partial charge on any atom is -0.383 e. The average Bonchev–Trinajstić information content (AvgIpc) is 2.69. The third-order valence-corrected chi connectivity index (χ3v) is 4.61. The van der Waals surface area contributed by atoms with Crippen LogP contribution in [-0.4, -0.2) is 43.1 Å². The molecule has 1 unspecified atom stereocenters.